The molecule has 50 heavy (non-hydrogen) atoms. The van der Waals surface area contributed by atoms with Gasteiger partial charge in [0.1, 0.15) is 0 Å². The van der Waals surface area contributed by atoms with Crippen molar-refractivity contribution in [2.24, 2.45) is 0 Å². The van der Waals surface area contributed by atoms with Crippen molar-refractivity contribution in [3.8, 4) is 11.1 Å². The Morgan fingerprint density at radius 2 is 1.44 bits per heavy atom. The molecule has 0 aliphatic heterocycles. The minimum atomic E-state index is -4.42. The number of nitrogens with zero attached hydrogens (tertiary/aromatic N) is 2. The number of nitrogens with one attached hydrogen (secondary N) is 1. The molecule has 4 rings (SSSR count). The molecule has 0 spiro atoms. The van der Waals surface area contributed by atoms with E-state index >= 15 is 0 Å². The number of rotatable bonds is 14. The smallest absolute Gasteiger partial charge is 0.359 e. The van der Waals surface area contributed by atoms with Gasteiger partial charge in [-0.05, 0) is 100 Å². The van der Waals surface area contributed by atoms with E-state index in [1.54, 1.807) is 29.2 Å². The largest absolute Gasteiger partial charge is 0.416 e. The number of halogens is 5. The fourth-order valence-electron chi connectivity index (χ4n) is 5.74. The van der Waals surface area contributed by atoms with Crippen molar-refractivity contribution in [3.63, 3.8) is 0 Å². The van der Waals surface area contributed by atoms with Crippen molar-refractivity contribution in [2.45, 2.75) is 71.8 Å². The van der Waals surface area contributed by atoms with E-state index in [0.29, 0.717) is 36.3 Å². The molecule has 0 aliphatic rings. The SMILES string of the molecule is CC(=O)c1ccccc1N(CC(=O)N(CCNC(C)(C)C)Cc1ccc(-c2ccc(C(F)(F)F)cc2)cc1)C(C)CCc1cccc(F)c1F. The van der Waals surface area contributed by atoms with Crippen LogP contribution in [0.1, 0.15) is 68.1 Å². The zero-order valence-corrected chi connectivity index (χ0v) is 29.1. The maximum atomic E-state index is 14.5. The molecule has 0 radical (unpaired) electrons. The lowest BCUT2D eigenvalue weighted by Crippen LogP contribution is -2.47. The Bertz CT molecular complexity index is 1750. The predicted molar refractivity (Wildman–Crippen MR) is 188 cm³/mol. The number of carbonyl (C=O) groups excluding carboxylic acids is 2. The van der Waals surface area contributed by atoms with Crippen LogP contribution >= 0.6 is 0 Å². The van der Waals surface area contributed by atoms with Gasteiger partial charge in [-0.2, -0.15) is 13.2 Å². The molecular weight excluding hydrogens is 649 g/mol. The number of carbonyl (C=O) groups is 2. The summed E-state index contributed by atoms with van der Waals surface area (Å²) in [7, 11) is 0. The van der Waals surface area contributed by atoms with Crippen LogP contribution in [0.15, 0.2) is 91.0 Å². The van der Waals surface area contributed by atoms with Gasteiger partial charge in [0.05, 0.1) is 12.1 Å². The van der Waals surface area contributed by atoms with Crippen molar-refractivity contribution in [2.75, 3.05) is 24.5 Å². The summed E-state index contributed by atoms with van der Waals surface area (Å²) in [6.07, 6.45) is -3.81. The second-order valence-electron chi connectivity index (χ2n) is 13.6. The molecule has 0 bridgehead atoms. The Kier molecular flexibility index (Phi) is 12.6. The number of aryl methyl sites for hydroxylation is 1. The molecule has 1 amide bonds. The highest BCUT2D eigenvalue weighted by Crippen LogP contribution is 2.31. The van der Waals surface area contributed by atoms with Gasteiger partial charge in [0.15, 0.2) is 17.4 Å². The molecule has 10 heteroatoms. The lowest BCUT2D eigenvalue weighted by Gasteiger charge is -2.35. The number of alkyl halides is 3. The summed E-state index contributed by atoms with van der Waals surface area (Å²) in [5.41, 5.74) is 2.56. The third-order valence-corrected chi connectivity index (χ3v) is 8.56. The number of Topliss-reactive ketones (excluding diaryl/α,β-unsaturated/α-hetero) is 1. The van der Waals surface area contributed by atoms with E-state index < -0.39 is 23.4 Å². The molecule has 0 fully saturated rings. The van der Waals surface area contributed by atoms with Crippen LogP contribution < -0.4 is 10.2 Å². The van der Waals surface area contributed by atoms with E-state index in [2.05, 4.69) is 5.32 Å². The van der Waals surface area contributed by atoms with Crippen molar-refractivity contribution < 1.29 is 31.5 Å². The number of amides is 1. The predicted octanol–water partition coefficient (Wildman–Crippen LogP) is 9.10. The minimum Gasteiger partial charge on any atom is -0.359 e. The molecule has 4 aromatic carbocycles. The average molecular weight is 694 g/mol. The van der Waals surface area contributed by atoms with Crippen LogP contribution in [0.2, 0.25) is 0 Å². The third kappa shape index (κ3) is 10.5. The fraction of sp³-hybridized carbons (Fsp3) is 0.350. The van der Waals surface area contributed by atoms with Gasteiger partial charge < -0.3 is 15.1 Å². The summed E-state index contributed by atoms with van der Waals surface area (Å²) in [6.45, 7) is 10.5. The molecule has 266 valence electrons. The van der Waals surface area contributed by atoms with Crippen LogP contribution in [0, 0.1) is 11.6 Å². The molecule has 0 aliphatic carbocycles. The summed E-state index contributed by atoms with van der Waals surface area (Å²) in [5, 5.41) is 3.42. The number of hydrogen-bond acceptors (Lipinski definition) is 4. The molecule has 0 heterocycles. The lowest BCUT2D eigenvalue weighted by molar-refractivity contribution is -0.137. The fourth-order valence-corrected chi connectivity index (χ4v) is 5.74. The van der Waals surface area contributed by atoms with E-state index in [9.17, 15) is 31.5 Å². The van der Waals surface area contributed by atoms with Gasteiger partial charge in [0.25, 0.3) is 0 Å². The average Bonchev–Trinajstić information content (AvgIpc) is 3.06. The summed E-state index contributed by atoms with van der Waals surface area (Å²) in [5.74, 6) is -2.18. The zero-order chi connectivity index (χ0) is 36.6. The Hall–Kier alpha value is -4.57. The molecule has 0 saturated carbocycles. The first kappa shape index (κ1) is 38.2. The Balaban J connectivity index is 1.59. The zero-order valence-electron chi connectivity index (χ0n) is 29.1. The van der Waals surface area contributed by atoms with Gasteiger partial charge in [0.2, 0.25) is 5.91 Å². The first-order valence-electron chi connectivity index (χ1n) is 16.6. The monoisotopic (exact) mass is 693 g/mol. The molecule has 5 nitrogen and oxygen atoms in total. The highest BCUT2D eigenvalue weighted by Gasteiger charge is 2.30. The van der Waals surface area contributed by atoms with E-state index in [0.717, 1.165) is 29.3 Å². The molecule has 0 aromatic heterocycles. The van der Waals surface area contributed by atoms with Crippen LogP contribution in [0.25, 0.3) is 11.1 Å². The standard InChI is InChI=1S/C40H44F5N3O2/c1-27(13-16-32-9-8-11-35(41)38(32)42)48(36-12-7-6-10-34(36)28(2)49)26-37(50)47(24-23-46-39(3,4)5)25-29-14-17-30(18-15-29)31-19-21-33(22-20-31)40(43,44)45/h6-12,14-15,17-22,27,46H,13,16,23-26H2,1-5H3. The molecule has 4 aromatic rings. The van der Waals surface area contributed by atoms with E-state index in [1.807, 2.05) is 56.9 Å². The van der Waals surface area contributed by atoms with E-state index in [4.69, 9.17) is 0 Å². The van der Waals surface area contributed by atoms with Gasteiger partial charge in [0, 0.05) is 42.5 Å². The molecule has 0 saturated heterocycles. The lowest BCUT2D eigenvalue weighted by atomic mass is 10.0. The minimum absolute atomic E-state index is 0.0732. The number of para-hydroxylation sites is 1. The summed E-state index contributed by atoms with van der Waals surface area (Å²) in [6, 6.07) is 23.1. The number of benzene rings is 4. The summed E-state index contributed by atoms with van der Waals surface area (Å²) in [4.78, 5) is 30.5. The van der Waals surface area contributed by atoms with E-state index in [-0.39, 0.29) is 48.3 Å². The second-order valence-corrected chi connectivity index (χ2v) is 13.6. The quantitative estimate of drug-likeness (QED) is 0.106. The van der Waals surface area contributed by atoms with Crippen LogP contribution in [0.5, 0.6) is 0 Å². The van der Waals surface area contributed by atoms with Gasteiger partial charge in [-0.15, -0.1) is 0 Å². The first-order chi connectivity index (χ1) is 23.5. The molecular formula is C40H44F5N3O2. The van der Waals surface area contributed by atoms with Crippen LogP contribution in [-0.2, 0) is 23.9 Å². The maximum absolute atomic E-state index is 14.5. The van der Waals surface area contributed by atoms with Crippen LogP contribution in [0.3, 0.4) is 0 Å². The molecule has 1 unspecified atom stereocenters. The molecule has 1 atom stereocenters. The molecule has 1 N–H and O–H groups in total. The highest BCUT2D eigenvalue weighted by atomic mass is 19.4. The van der Waals surface area contributed by atoms with Gasteiger partial charge in [-0.1, -0.05) is 60.7 Å². The third-order valence-electron chi connectivity index (χ3n) is 8.56. The van der Waals surface area contributed by atoms with Gasteiger partial charge in [-0.25, -0.2) is 8.78 Å². The topological polar surface area (TPSA) is 52.7 Å². The Labute approximate surface area is 291 Å². The second kappa shape index (κ2) is 16.4. The highest BCUT2D eigenvalue weighted by molar-refractivity contribution is 6.00. The van der Waals surface area contributed by atoms with Crippen molar-refractivity contribution in [1.82, 2.24) is 10.2 Å². The normalized spacial score (nSPS) is 12.4. The first-order valence-corrected chi connectivity index (χ1v) is 16.6. The van der Waals surface area contributed by atoms with Crippen molar-refractivity contribution in [1.29, 1.82) is 0 Å². The van der Waals surface area contributed by atoms with Crippen LogP contribution in [-0.4, -0.2) is 47.8 Å². The summed E-state index contributed by atoms with van der Waals surface area (Å²) >= 11 is 0. The van der Waals surface area contributed by atoms with E-state index in [1.165, 1.54) is 31.2 Å². The summed E-state index contributed by atoms with van der Waals surface area (Å²) < 4.78 is 67.6. The van der Waals surface area contributed by atoms with Gasteiger partial charge >= 0.3 is 6.18 Å². The van der Waals surface area contributed by atoms with Crippen LogP contribution in [0.4, 0.5) is 27.6 Å². The van der Waals surface area contributed by atoms with Crippen molar-refractivity contribution in [3.05, 3.63) is 125 Å². The number of ketones is 1. The van der Waals surface area contributed by atoms with Gasteiger partial charge in [-0.3, -0.25) is 9.59 Å². The maximum Gasteiger partial charge on any atom is 0.416 e. The number of hydrogen-bond donors (Lipinski definition) is 1. The number of anilines is 1. The van der Waals surface area contributed by atoms with Crippen molar-refractivity contribution >= 4 is 17.4 Å². The Morgan fingerprint density at radius 3 is 2.04 bits per heavy atom. The Morgan fingerprint density at radius 1 is 0.820 bits per heavy atom.